The number of rotatable bonds is 5. The van der Waals surface area contributed by atoms with Crippen molar-refractivity contribution in [1.82, 2.24) is 0 Å². The second-order valence-corrected chi connectivity index (χ2v) is 9.37. The van der Waals surface area contributed by atoms with Gasteiger partial charge in [-0.1, -0.05) is 25.0 Å². The maximum atomic E-state index is 13.2. The zero-order valence-corrected chi connectivity index (χ0v) is 19.0. The van der Waals surface area contributed by atoms with Crippen LogP contribution >= 0.6 is 0 Å². The minimum absolute atomic E-state index is 0.0887. The molecule has 0 bridgehead atoms. The molecule has 5 nitrogen and oxygen atoms in total. The number of carbonyl (C=O) groups excluding carboxylic acids is 1. The van der Waals surface area contributed by atoms with Gasteiger partial charge in [-0.2, -0.15) is 0 Å². The molecule has 0 spiro atoms. The van der Waals surface area contributed by atoms with Gasteiger partial charge >= 0.3 is 5.63 Å². The Bertz CT molecular complexity index is 1260. The van der Waals surface area contributed by atoms with E-state index in [0.29, 0.717) is 35.4 Å². The van der Waals surface area contributed by atoms with Gasteiger partial charge in [-0.15, -0.1) is 0 Å². The molecule has 6 heteroatoms. The van der Waals surface area contributed by atoms with Crippen LogP contribution in [0.2, 0.25) is 0 Å². The molecule has 0 radical (unpaired) electrons. The van der Waals surface area contributed by atoms with Gasteiger partial charge in [0.1, 0.15) is 17.3 Å². The van der Waals surface area contributed by atoms with E-state index in [0.717, 1.165) is 49.7 Å². The highest BCUT2D eigenvalue weighted by Gasteiger charge is 2.38. The van der Waals surface area contributed by atoms with Crippen molar-refractivity contribution >= 4 is 11.6 Å². The molecule has 5 rings (SSSR count). The second-order valence-electron chi connectivity index (χ2n) is 9.37. The van der Waals surface area contributed by atoms with Crippen LogP contribution in [0.3, 0.4) is 0 Å². The van der Waals surface area contributed by atoms with Gasteiger partial charge in [0, 0.05) is 29.2 Å². The van der Waals surface area contributed by atoms with Crippen molar-refractivity contribution in [3.05, 3.63) is 92.8 Å². The number of aromatic hydroxyl groups is 1. The van der Waals surface area contributed by atoms with Crippen LogP contribution in [0, 0.1) is 11.7 Å². The Kier molecular flexibility index (Phi) is 6.22. The maximum absolute atomic E-state index is 13.2. The number of hydrogen-bond donors (Lipinski definition) is 2. The third-order valence-electron chi connectivity index (χ3n) is 6.91. The molecule has 1 atom stereocenters. The highest BCUT2D eigenvalue weighted by molar-refractivity contribution is 6.04. The first-order chi connectivity index (χ1) is 16.5. The van der Waals surface area contributed by atoms with E-state index < -0.39 is 11.4 Å². The van der Waals surface area contributed by atoms with Gasteiger partial charge in [0.25, 0.3) is 5.91 Å². The van der Waals surface area contributed by atoms with E-state index in [-0.39, 0.29) is 23.5 Å². The lowest BCUT2D eigenvalue weighted by atomic mass is 9.85. The van der Waals surface area contributed by atoms with Crippen LogP contribution in [0.1, 0.15) is 77.3 Å². The summed E-state index contributed by atoms with van der Waals surface area (Å²) in [5, 5.41) is 14.1. The average molecular weight is 462 g/mol. The van der Waals surface area contributed by atoms with Crippen LogP contribution in [0.5, 0.6) is 5.75 Å². The van der Waals surface area contributed by atoms with Crippen LogP contribution in [0.4, 0.5) is 10.1 Å². The molecule has 1 saturated carbocycles. The molecule has 1 amide bonds. The van der Waals surface area contributed by atoms with Crippen molar-refractivity contribution in [2.75, 3.05) is 5.32 Å². The third kappa shape index (κ3) is 4.63. The molecule has 2 aliphatic carbocycles. The zero-order valence-electron chi connectivity index (χ0n) is 19.0. The normalized spacial score (nSPS) is 16.7. The number of fused-ring (bicyclic) bond motifs is 1. The number of anilines is 1. The lowest BCUT2D eigenvalue weighted by Crippen LogP contribution is -2.19. The van der Waals surface area contributed by atoms with Crippen LogP contribution in [0.25, 0.3) is 0 Å². The Morgan fingerprint density at radius 2 is 1.76 bits per heavy atom. The molecule has 176 valence electrons. The fourth-order valence-corrected chi connectivity index (χ4v) is 5.01. The SMILES string of the molecule is O=C(Nc1cccc(C(c2c(O)c3c(oc2=O)CCCCCC3)C2CC2)c1)c1ccc(F)cc1. The summed E-state index contributed by atoms with van der Waals surface area (Å²) in [7, 11) is 0. The van der Waals surface area contributed by atoms with Gasteiger partial charge in [-0.05, 0) is 80.0 Å². The number of aryl methyl sites for hydroxylation is 1. The smallest absolute Gasteiger partial charge is 0.343 e. The summed E-state index contributed by atoms with van der Waals surface area (Å²) < 4.78 is 19.0. The number of carbonyl (C=O) groups is 1. The highest BCUT2D eigenvalue weighted by Crippen LogP contribution is 2.49. The summed E-state index contributed by atoms with van der Waals surface area (Å²) in [4.78, 5) is 25.7. The molecule has 2 aromatic carbocycles. The molecule has 1 unspecified atom stereocenters. The summed E-state index contributed by atoms with van der Waals surface area (Å²) in [5.74, 6) is -0.0888. The molecular formula is C28H28FNO4. The molecule has 2 N–H and O–H groups in total. The molecule has 1 aromatic heterocycles. The standard InChI is InChI=1S/C28H28FNO4/c29-20-14-12-18(13-15-20)27(32)30-21-7-5-6-19(16-21)24(17-10-11-17)25-26(31)22-8-3-1-2-4-9-23(22)34-28(25)33/h5-7,12-17,24,31H,1-4,8-11H2,(H,30,32). The lowest BCUT2D eigenvalue weighted by Gasteiger charge is -2.22. The molecule has 34 heavy (non-hydrogen) atoms. The van der Waals surface area contributed by atoms with Gasteiger partial charge in [0.15, 0.2) is 0 Å². The Balaban J connectivity index is 1.49. The van der Waals surface area contributed by atoms with E-state index in [1.54, 1.807) is 6.07 Å². The van der Waals surface area contributed by atoms with Crippen molar-refractivity contribution in [3.8, 4) is 5.75 Å². The van der Waals surface area contributed by atoms with E-state index in [2.05, 4.69) is 5.32 Å². The molecule has 2 aliphatic rings. The largest absolute Gasteiger partial charge is 0.507 e. The van der Waals surface area contributed by atoms with Crippen LogP contribution < -0.4 is 10.9 Å². The van der Waals surface area contributed by atoms with E-state index in [9.17, 15) is 19.1 Å². The third-order valence-corrected chi connectivity index (χ3v) is 6.91. The number of benzene rings is 2. The summed E-state index contributed by atoms with van der Waals surface area (Å²) in [6.45, 7) is 0. The zero-order chi connectivity index (χ0) is 23.7. The summed E-state index contributed by atoms with van der Waals surface area (Å²) >= 11 is 0. The first kappa shape index (κ1) is 22.4. The minimum Gasteiger partial charge on any atom is -0.507 e. The van der Waals surface area contributed by atoms with Gasteiger partial charge in [0.05, 0.1) is 5.56 Å². The Morgan fingerprint density at radius 3 is 2.50 bits per heavy atom. The lowest BCUT2D eigenvalue weighted by molar-refractivity contribution is 0.102. The molecule has 3 aromatic rings. The van der Waals surface area contributed by atoms with Gasteiger partial charge in [0.2, 0.25) is 0 Å². The van der Waals surface area contributed by atoms with Crippen LogP contribution in [-0.4, -0.2) is 11.0 Å². The fraction of sp³-hybridized carbons (Fsp3) is 0.357. The number of hydrogen-bond acceptors (Lipinski definition) is 4. The topological polar surface area (TPSA) is 79.5 Å². The van der Waals surface area contributed by atoms with Crippen molar-refractivity contribution < 1.29 is 18.7 Å². The van der Waals surface area contributed by atoms with E-state index in [1.165, 1.54) is 24.3 Å². The maximum Gasteiger partial charge on any atom is 0.343 e. The Morgan fingerprint density at radius 1 is 1.03 bits per heavy atom. The molecule has 0 saturated heterocycles. The van der Waals surface area contributed by atoms with Gasteiger partial charge in [-0.25, -0.2) is 9.18 Å². The first-order valence-corrected chi connectivity index (χ1v) is 12.1. The van der Waals surface area contributed by atoms with Crippen molar-refractivity contribution in [3.63, 3.8) is 0 Å². The number of nitrogens with one attached hydrogen (secondary N) is 1. The Hall–Kier alpha value is -3.41. The predicted molar refractivity (Wildman–Crippen MR) is 128 cm³/mol. The van der Waals surface area contributed by atoms with E-state index >= 15 is 0 Å². The molecule has 1 heterocycles. The molecule has 0 aliphatic heterocycles. The summed E-state index contributed by atoms with van der Waals surface area (Å²) in [6.07, 6.45) is 7.45. The highest BCUT2D eigenvalue weighted by atomic mass is 19.1. The molecule has 1 fully saturated rings. The second kappa shape index (κ2) is 9.45. The van der Waals surface area contributed by atoms with Gasteiger partial charge in [-0.3, -0.25) is 4.79 Å². The summed E-state index contributed by atoms with van der Waals surface area (Å²) in [6, 6.07) is 12.7. The van der Waals surface area contributed by atoms with Crippen molar-refractivity contribution in [1.29, 1.82) is 0 Å². The van der Waals surface area contributed by atoms with Crippen LogP contribution in [-0.2, 0) is 12.8 Å². The average Bonchev–Trinajstić information content (AvgIpc) is 3.63. The van der Waals surface area contributed by atoms with Crippen LogP contribution in [0.15, 0.2) is 57.7 Å². The monoisotopic (exact) mass is 461 g/mol. The van der Waals surface area contributed by atoms with E-state index in [1.807, 2.05) is 18.2 Å². The van der Waals surface area contributed by atoms with Crippen molar-refractivity contribution in [2.24, 2.45) is 5.92 Å². The van der Waals surface area contributed by atoms with Crippen molar-refractivity contribution in [2.45, 2.75) is 57.3 Å². The number of halogens is 1. The first-order valence-electron chi connectivity index (χ1n) is 12.1. The van der Waals surface area contributed by atoms with E-state index in [4.69, 9.17) is 4.42 Å². The fourth-order valence-electron chi connectivity index (χ4n) is 5.01. The number of amides is 1. The Labute approximate surface area is 197 Å². The summed E-state index contributed by atoms with van der Waals surface area (Å²) in [5.41, 5.74) is 2.44. The minimum atomic E-state index is -0.463. The molecular weight excluding hydrogens is 433 g/mol. The predicted octanol–water partition coefficient (Wildman–Crippen LogP) is 5.94. The quantitative estimate of drug-likeness (QED) is 0.493. The van der Waals surface area contributed by atoms with Gasteiger partial charge < -0.3 is 14.8 Å².